The summed E-state index contributed by atoms with van der Waals surface area (Å²) in [5.74, 6) is 1.43. The normalized spacial score (nSPS) is 11.0. The van der Waals surface area contributed by atoms with E-state index >= 15 is 0 Å². The first-order valence-electron chi connectivity index (χ1n) is 10.4. The number of carbonyl (C=O) groups excluding carboxylic acids is 1. The lowest BCUT2D eigenvalue weighted by Gasteiger charge is -2.24. The molecule has 0 bridgehead atoms. The zero-order valence-electron chi connectivity index (χ0n) is 18.2. The van der Waals surface area contributed by atoms with Crippen molar-refractivity contribution < 1.29 is 9.53 Å². The molecule has 0 aliphatic carbocycles. The maximum absolute atomic E-state index is 12.9. The van der Waals surface area contributed by atoms with Crippen molar-refractivity contribution in [2.75, 3.05) is 6.54 Å². The molecule has 1 amide bonds. The van der Waals surface area contributed by atoms with Gasteiger partial charge in [0.1, 0.15) is 17.4 Å². The third-order valence-corrected chi connectivity index (χ3v) is 5.87. The summed E-state index contributed by atoms with van der Waals surface area (Å²) in [7, 11) is 0. The maximum atomic E-state index is 12.9. The van der Waals surface area contributed by atoms with Gasteiger partial charge in [-0.2, -0.15) is 0 Å². The van der Waals surface area contributed by atoms with Crippen LogP contribution in [-0.2, 0) is 24.4 Å². The first kappa shape index (κ1) is 22.0. The highest BCUT2D eigenvalue weighted by atomic mass is 32.1. The predicted molar refractivity (Wildman–Crippen MR) is 123 cm³/mol. The van der Waals surface area contributed by atoms with Crippen molar-refractivity contribution in [1.29, 1.82) is 0 Å². The molecule has 0 aliphatic rings. The molecule has 1 heterocycles. The molecule has 158 valence electrons. The van der Waals surface area contributed by atoms with Crippen LogP contribution in [0.1, 0.15) is 41.2 Å². The smallest absolute Gasteiger partial charge is 0.227 e. The number of amides is 1. The molecule has 0 atom stereocenters. The zero-order chi connectivity index (χ0) is 21.5. The van der Waals surface area contributed by atoms with E-state index in [1.54, 1.807) is 11.3 Å². The molecule has 0 spiro atoms. The van der Waals surface area contributed by atoms with Crippen molar-refractivity contribution in [3.8, 4) is 5.75 Å². The van der Waals surface area contributed by atoms with Gasteiger partial charge in [-0.15, -0.1) is 11.3 Å². The molecule has 5 heteroatoms. The van der Waals surface area contributed by atoms with Gasteiger partial charge in [-0.3, -0.25) is 4.79 Å². The van der Waals surface area contributed by atoms with Gasteiger partial charge in [0.15, 0.2) is 0 Å². The molecular weight excluding hydrogens is 392 g/mol. The molecule has 3 rings (SSSR count). The molecule has 2 aromatic carbocycles. The largest absolute Gasteiger partial charge is 0.486 e. The van der Waals surface area contributed by atoms with E-state index in [0.717, 1.165) is 34.1 Å². The highest BCUT2D eigenvalue weighted by molar-refractivity contribution is 7.09. The van der Waals surface area contributed by atoms with Gasteiger partial charge in [0, 0.05) is 11.9 Å². The van der Waals surface area contributed by atoms with Crippen LogP contribution in [0.3, 0.4) is 0 Å². The number of aryl methyl sites for hydroxylation is 1. The molecule has 0 radical (unpaired) electrons. The molecule has 0 saturated carbocycles. The minimum absolute atomic E-state index is 0.135. The maximum Gasteiger partial charge on any atom is 0.227 e. The Kier molecular flexibility index (Phi) is 7.63. The summed E-state index contributed by atoms with van der Waals surface area (Å²) >= 11 is 1.58. The Morgan fingerprint density at radius 2 is 1.87 bits per heavy atom. The van der Waals surface area contributed by atoms with Crippen molar-refractivity contribution in [1.82, 2.24) is 9.88 Å². The first-order chi connectivity index (χ1) is 14.4. The number of hydrogen-bond acceptors (Lipinski definition) is 4. The van der Waals surface area contributed by atoms with Crippen molar-refractivity contribution in [3.05, 3.63) is 81.3 Å². The summed E-state index contributed by atoms with van der Waals surface area (Å²) in [5, 5.41) is 2.95. The minimum Gasteiger partial charge on any atom is -0.486 e. The van der Waals surface area contributed by atoms with Gasteiger partial charge < -0.3 is 9.64 Å². The van der Waals surface area contributed by atoms with Gasteiger partial charge in [0.05, 0.1) is 18.7 Å². The summed E-state index contributed by atoms with van der Waals surface area (Å²) in [6, 6.07) is 16.0. The first-order valence-corrected chi connectivity index (χ1v) is 11.2. The lowest BCUT2D eigenvalue weighted by atomic mass is 10.1. The van der Waals surface area contributed by atoms with E-state index in [2.05, 4.69) is 33.8 Å². The lowest BCUT2D eigenvalue weighted by molar-refractivity contribution is -0.131. The number of nitrogens with zero attached hydrogens (tertiary/aromatic N) is 2. The molecular formula is C25H30N2O2S. The predicted octanol–water partition coefficient (Wildman–Crippen LogP) is 5.57. The van der Waals surface area contributed by atoms with E-state index in [4.69, 9.17) is 9.72 Å². The second-order valence-electron chi connectivity index (χ2n) is 8.05. The second-order valence-corrected chi connectivity index (χ2v) is 8.99. The van der Waals surface area contributed by atoms with E-state index in [0.29, 0.717) is 25.5 Å². The lowest BCUT2D eigenvalue weighted by Crippen LogP contribution is -2.35. The molecule has 0 aliphatic heterocycles. The van der Waals surface area contributed by atoms with Crippen LogP contribution in [-0.4, -0.2) is 22.3 Å². The van der Waals surface area contributed by atoms with E-state index in [1.165, 1.54) is 5.56 Å². The third kappa shape index (κ3) is 6.17. The fourth-order valence-electron chi connectivity index (χ4n) is 3.28. The number of aromatic nitrogens is 1. The van der Waals surface area contributed by atoms with Crippen LogP contribution < -0.4 is 4.74 Å². The Bertz CT molecular complexity index is 966. The van der Waals surface area contributed by atoms with Gasteiger partial charge in [-0.05, 0) is 42.5 Å². The molecule has 0 saturated heterocycles. The molecule has 0 fully saturated rings. The summed E-state index contributed by atoms with van der Waals surface area (Å²) < 4.78 is 5.98. The third-order valence-electron chi connectivity index (χ3n) is 4.99. The van der Waals surface area contributed by atoms with Crippen LogP contribution in [0.4, 0.5) is 0 Å². The number of ether oxygens (including phenoxy) is 1. The van der Waals surface area contributed by atoms with Crippen molar-refractivity contribution >= 4 is 17.2 Å². The number of carbonyl (C=O) groups is 1. The highest BCUT2D eigenvalue weighted by Crippen LogP contribution is 2.23. The highest BCUT2D eigenvalue weighted by Gasteiger charge is 2.17. The Morgan fingerprint density at radius 1 is 1.10 bits per heavy atom. The summed E-state index contributed by atoms with van der Waals surface area (Å²) in [6.07, 6.45) is 0.417. The minimum atomic E-state index is 0.135. The number of benzene rings is 2. The number of hydrogen-bond donors (Lipinski definition) is 0. The standard InChI is InChI=1S/C25H30N2O2S/c1-18(2)14-27(25(28)13-21-10-6-5-7-11-21)15-22-17-30-24(26-22)16-29-23-12-8-9-19(3)20(23)4/h5-12,17-18H,13-16H2,1-4H3. The van der Waals surface area contributed by atoms with Crippen LogP contribution in [0.15, 0.2) is 53.9 Å². The molecule has 1 aromatic heterocycles. The Balaban J connectivity index is 1.63. The summed E-state index contributed by atoms with van der Waals surface area (Å²) in [4.78, 5) is 19.5. The molecule has 0 N–H and O–H groups in total. The van der Waals surface area contributed by atoms with Crippen molar-refractivity contribution in [2.24, 2.45) is 5.92 Å². The van der Waals surface area contributed by atoms with Gasteiger partial charge in [0.2, 0.25) is 5.91 Å². The average molecular weight is 423 g/mol. The fourth-order valence-corrected chi connectivity index (χ4v) is 3.98. The van der Waals surface area contributed by atoms with Crippen LogP contribution in [0, 0.1) is 19.8 Å². The van der Waals surface area contributed by atoms with Crippen LogP contribution in [0.2, 0.25) is 0 Å². The van der Waals surface area contributed by atoms with E-state index in [-0.39, 0.29) is 5.91 Å². The van der Waals surface area contributed by atoms with E-state index in [1.807, 2.05) is 52.7 Å². The average Bonchev–Trinajstić information content (AvgIpc) is 3.16. The molecule has 0 unspecified atom stereocenters. The van der Waals surface area contributed by atoms with E-state index in [9.17, 15) is 4.79 Å². The van der Waals surface area contributed by atoms with Gasteiger partial charge in [-0.1, -0.05) is 56.3 Å². The van der Waals surface area contributed by atoms with Crippen LogP contribution in [0.5, 0.6) is 5.75 Å². The summed E-state index contributed by atoms with van der Waals surface area (Å²) in [6.45, 7) is 10.1. The van der Waals surface area contributed by atoms with Crippen LogP contribution >= 0.6 is 11.3 Å². The Labute approximate surface area is 183 Å². The Hall–Kier alpha value is -2.66. The SMILES string of the molecule is Cc1cccc(OCc2nc(CN(CC(C)C)C(=O)Cc3ccccc3)cs2)c1C. The van der Waals surface area contributed by atoms with Gasteiger partial charge in [0.25, 0.3) is 0 Å². The molecule has 4 nitrogen and oxygen atoms in total. The molecule has 30 heavy (non-hydrogen) atoms. The summed E-state index contributed by atoms with van der Waals surface area (Å²) in [5.41, 5.74) is 4.33. The Morgan fingerprint density at radius 3 is 2.60 bits per heavy atom. The monoisotopic (exact) mass is 422 g/mol. The van der Waals surface area contributed by atoms with Crippen molar-refractivity contribution in [3.63, 3.8) is 0 Å². The van der Waals surface area contributed by atoms with Gasteiger partial charge in [-0.25, -0.2) is 4.98 Å². The quantitative estimate of drug-likeness (QED) is 0.453. The van der Waals surface area contributed by atoms with Crippen LogP contribution in [0.25, 0.3) is 0 Å². The van der Waals surface area contributed by atoms with Crippen molar-refractivity contribution in [2.45, 2.75) is 47.3 Å². The number of thiazole rings is 1. The van der Waals surface area contributed by atoms with Gasteiger partial charge >= 0.3 is 0 Å². The fraction of sp³-hybridized carbons (Fsp3) is 0.360. The van der Waals surface area contributed by atoms with E-state index < -0.39 is 0 Å². The second kappa shape index (κ2) is 10.4. The topological polar surface area (TPSA) is 42.4 Å². The number of rotatable bonds is 9. The zero-order valence-corrected chi connectivity index (χ0v) is 19.0. The molecule has 3 aromatic rings.